The Morgan fingerprint density at radius 1 is 1.23 bits per heavy atom. The van der Waals surface area contributed by atoms with Crippen molar-refractivity contribution in [3.8, 4) is 11.8 Å². The van der Waals surface area contributed by atoms with Crippen LogP contribution in [0.1, 0.15) is 58.4 Å². The summed E-state index contributed by atoms with van der Waals surface area (Å²) in [5.41, 5.74) is -2.74. The summed E-state index contributed by atoms with van der Waals surface area (Å²) in [7, 11) is 0. The molecule has 0 aliphatic heterocycles. The van der Waals surface area contributed by atoms with Crippen LogP contribution in [0, 0.1) is 17.8 Å². The molecule has 142 valence electrons. The minimum Gasteiger partial charge on any atom is -0.450 e. The van der Waals surface area contributed by atoms with Crippen molar-refractivity contribution in [1.29, 1.82) is 0 Å². The van der Waals surface area contributed by atoms with E-state index in [-0.39, 0.29) is 6.61 Å². The maximum absolute atomic E-state index is 13.1. The molecule has 4 heteroatoms. The van der Waals surface area contributed by atoms with Gasteiger partial charge in [-0.2, -0.15) is 0 Å². The van der Waals surface area contributed by atoms with E-state index in [4.69, 9.17) is 11.6 Å². The molecule has 0 heterocycles. The van der Waals surface area contributed by atoms with E-state index in [1.807, 2.05) is 13.8 Å². The van der Waals surface area contributed by atoms with Crippen molar-refractivity contribution < 1.29 is 21.5 Å². The first-order valence-corrected chi connectivity index (χ1v) is 9.35. The zero-order chi connectivity index (χ0) is 23.2. The van der Waals surface area contributed by atoms with Crippen LogP contribution in [0.3, 0.4) is 0 Å². The van der Waals surface area contributed by atoms with Crippen LogP contribution in [-0.4, -0.2) is 42.2 Å². The first-order valence-electron chi connectivity index (χ1n) is 11.8. The van der Waals surface area contributed by atoms with Crippen LogP contribution >= 0.6 is 0 Å². The summed E-state index contributed by atoms with van der Waals surface area (Å²) in [5.74, 6) is 4.06. The molecule has 0 spiro atoms. The van der Waals surface area contributed by atoms with Crippen molar-refractivity contribution in [1.82, 2.24) is 4.90 Å². The fourth-order valence-electron chi connectivity index (χ4n) is 3.31. The minimum absolute atomic E-state index is 0.242. The average Bonchev–Trinajstić information content (AvgIpc) is 2.79. The van der Waals surface area contributed by atoms with Gasteiger partial charge in [0, 0.05) is 5.92 Å². The Kier molecular flexibility index (Phi) is 5.68. The van der Waals surface area contributed by atoms with Gasteiger partial charge in [-0.25, -0.2) is 4.79 Å². The third-order valence-electron chi connectivity index (χ3n) is 4.99. The highest BCUT2D eigenvalue weighted by Crippen LogP contribution is 2.40. The van der Waals surface area contributed by atoms with Crippen LogP contribution in [0.2, 0.25) is 0 Å². The molecule has 0 aromatic heterocycles. The maximum Gasteiger partial charge on any atom is 0.344 e. The summed E-state index contributed by atoms with van der Waals surface area (Å²) >= 11 is 0. The van der Waals surface area contributed by atoms with Gasteiger partial charge in [0.15, 0.2) is 12.2 Å². The van der Waals surface area contributed by atoms with E-state index in [9.17, 15) is 9.90 Å². The molecule has 0 amide bonds. The number of benzene rings is 1. The van der Waals surface area contributed by atoms with Gasteiger partial charge in [-0.3, -0.25) is 4.90 Å². The molecule has 1 atom stereocenters. The Balaban J connectivity index is 2.38. The Morgan fingerprint density at radius 2 is 1.88 bits per heavy atom. The molecule has 1 aliphatic rings. The highest BCUT2D eigenvalue weighted by Gasteiger charge is 2.46. The van der Waals surface area contributed by atoms with E-state index in [0.29, 0.717) is 19.4 Å². The van der Waals surface area contributed by atoms with Crippen molar-refractivity contribution >= 4 is 5.97 Å². The number of esters is 1. The monoisotopic (exact) mass is 362 g/mol. The van der Waals surface area contributed by atoms with Gasteiger partial charge in [-0.15, -0.1) is 0 Å². The molecule has 26 heavy (non-hydrogen) atoms. The van der Waals surface area contributed by atoms with Crippen molar-refractivity contribution in [2.24, 2.45) is 5.92 Å². The Bertz CT molecular complexity index is 828. The number of hydrogen-bond acceptors (Lipinski definition) is 4. The third-order valence-corrected chi connectivity index (χ3v) is 4.99. The Labute approximate surface area is 164 Å². The smallest absolute Gasteiger partial charge is 0.344 e. The summed E-state index contributed by atoms with van der Waals surface area (Å²) in [4.78, 5) is 15.2. The SMILES string of the molecule is [2H]c1c([2H])c([2H])c(C(O)(C(=O)OCC#CCN(CC)CC)C2CCCCC2)c([2H])c1[2H]. The van der Waals surface area contributed by atoms with Gasteiger partial charge in [0.05, 0.1) is 13.4 Å². The van der Waals surface area contributed by atoms with Crippen LogP contribution in [0.15, 0.2) is 30.2 Å². The predicted molar refractivity (Wildman–Crippen MR) is 103 cm³/mol. The lowest BCUT2D eigenvalue weighted by Crippen LogP contribution is -2.45. The number of hydrogen-bond donors (Lipinski definition) is 1. The highest BCUT2D eigenvalue weighted by molar-refractivity contribution is 5.81. The predicted octanol–water partition coefficient (Wildman–Crippen LogP) is 3.34. The standard InChI is InChI=1S/C22H31NO3/c1-3-23(4-2)17-11-12-18-26-21(24)22(25,19-13-7-5-8-14-19)20-15-9-6-10-16-20/h5,7-8,13-14,20,25H,3-4,6,9-10,15-18H2,1-2H3/i5D,7D,8D,13D,14D. The fraction of sp³-hybridized carbons (Fsp3) is 0.591. The number of carbonyl (C=O) groups is 1. The quantitative estimate of drug-likeness (QED) is 0.597. The van der Waals surface area contributed by atoms with Gasteiger partial charge in [0.1, 0.15) is 0 Å². The first-order chi connectivity index (χ1) is 14.7. The topological polar surface area (TPSA) is 49.8 Å². The molecular weight excluding hydrogens is 326 g/mol. The largest absolute Gasteiger partial charge is 0.450 e. The normalized spacial score (nSPS) is 19.9. The van der Waals surface area contributed by atoms with Crippen LogP contribution in [0.4, 0.5) is 0 Å². The van der Waals surface area contributed by atoms with Crippen LogP contribution < -0.4 is 0 Å². The minimum atomic E-state index is -2.32. The fourth-order valence-corrected chi connectivity index (χ4v) is 3.31. The second-order valence-corrected chi connectivity index (χ2v) is 6.49. The van der Waals surface area contributed by atoms with Crippen molar-refractivity contribution in [3.05, 3.63) is 35.8 Å². The van der Waals surface area contributed by atoms with E-state index in [1.165, 1.54) is 0 Å². The second kappa shape index (κ2) is 10.4. The summed E-state index contributed by atoms with van der Waals surface area (Å²) in [6, 6.07) is -2.90. The van der Waals surface area contributed by atoms with Crippen LogP contribution in [-0.2, 0) is 15.1 Å². The van der Waals surface area contributed by atoms with Gasteiger partial charge in [0.2, 0.25) is 0 Å². The summed E-state index contributed by atoms with van der Waals surface area (Å²) < 4.78 is 45.5. The molecular formula is C22H31NO3. The van der Waals surface area contributed by atoms with E-state index in [2.05, 4.69) is 16.7 Å². The third kappa shape index (κ3) is 5.09. The van der Waals surface area contributed by atoms with Gasteiger partial charge >= 0.3 is 5.97 Å². The second-order valence-electron chi connectivity index (χ2n) is 6.49. The summed E-state index contributed by atoms with van der Waals surface area (Å²) in [6.07, 6.45) is 3.52. The molecule has 1 unspecified atom stereocenters. The number of rotatable bonds is 7. The zero-order valence-corrected chi connectivity index (χ0v) is 15.7. The molecule has 2 rings (SSSR count). The molecule has 1 fully saturated rings. The van der Waals surface area contributed by atoms with E-state index in [1.54, 1.807) is 0 Å². The zero-order valence-electron chi connectivity index (χ0n) is 20.7. The molecule has 1 N–H and O–H groups in total. The van der Waals surface area contributed by atoms with E-state index < -0.39 is 53.3 Å². The molecule has 1 aliphatic carbocycles. The molecule has 4 nitrogen and oxygen atoms in total. The molecule has 1 aromatic rings. The molecule has 1 saturated carbocycles. The van der Waals surface area contributed by atoms with Gasteiger partial charge in [-0.1, -0.05) is 75.2 Å². The van der Waals surface area contributed by atoms with Crippen LogP contribution in [0.5, 0.6) is 0 Å². The highest BCUT2D eigenvalue weighted by atomic mass is 16.5. The number of ether oxygens (including phenoxy) is 1. The molecule has 1 aromatic carbocycles. The molecule has 0 radical (unpaired) electrons. The van der Waals surface area contributed by atoms with Gasteiger partial charge < -0.3 is 9.84 Å². The van der Waals surface area contributed by atoms with Gasteiger partial charge in [0.25, 0.3) is 0 Å². The van der Waals surface area contributed by atoms with E-state index in [0.717, 1.165) is 32.4 Å². The van der Waals surface area contributed by atoms with E-state index >= 15 is 0 Å². The van der Waals surface area contributed by atoms with Crippen molar-refractivity contribution in [2.45, 2.75) is 51.6 Å². The summed E-state index contributed by atoms with van der Waals surface area (Å²) in [5, 5.41) is 11.6. The number of aliphatic hydroxyl groups is 1. The average molecular weight is 363 g/mol. The maximum atomic E-state index is 13.1. The van der Waals surface area contributed by atoms with Crippen molar-refractivity contribution in [2.75, 3.05) is 26.2 Å². The Morgan fingerprint density at radius 3 is 2.50 bits per heavy atom. The lowest BCUT2D eigenvalue weighted by atomic mass is 9.73. The lowest BCUT2D eigenvalue weighted by Gasteiger charge is -2.36. The lowest BCUT2D eigenvalue weighted by molar-refractivity contribution is -0.174. The number of nitrogens with zero attached hydrogens (tertiary/aromatic N) is 1. The van der Waals surface area contributed by atoms with Gasteiger partial charge in [-0.05, 0) is 31.5 Å². The first kappa shape index (κ1) is 14.3. The molecule has 0 saturated heterocycles. The van der Waals surface area contributed by atoms with Crippen molar-refractivity contribution in [3.63, 3.8) is 0 Å². The number of carbonyl (C=O) groups excluding carboxylic acids is 1. The molecule has 0 bridgehead atoms. The summed E-state index contributed by atoms with van der Waals surface area (Å²) in [6.45, 7) is 6.03. The van der Waals surface area contributed by atoms with Crippen LogP contribution in [0.25, 0.3) is 0 Å². The Hall–Kier alpha value is -1.83.